The van der Waals surface area contributed by atoms with Crippen LogP contribution >= 0.6 is 8.30 Å². The normalized spacial score (nSPS) is 18.2. The van der Waals surface area contributed by atoms with Crippen molar-refractivity contribution in [3.05, 3.63) is 135 Å². The van der Waals surface area contributed by atoms with E-state index in [1.807, 2.05) is 18.2 Å². The van der Waals surface area contributed by atoms with Gasteiger partial charge in [0.25, 0.3) is 5.56 Å². The molecule has 0 bridgehead atoms. The number of fused-ring (bicyclic) bond motifs is 1. The number of carbonyl (C=O) groups excluding carboxylic acids is 1. The number of H-pyrrole nitrogens is 1. The number of ether oxygens (including phenoxy) is 2. The standard InChI is InChI=1S/C51H70N7O6PSi.S2/c1-33(2)46(59)55-49-54-45-42(47(60)56-49)53-32-57(45)48-44(64-66(13,14)50(9,10)11)43(63-65(30-18-29-52-12)58(34(3)4)35(5)6)41(62-48)31-61-51(38-19-16-15-17-20-38,39-25-21-36(7)22-26-39)40-27-23-37(8)24-28-40;1-2/h15-17,19-28,32-35,41,43-44,48H,18,29-31H2,1-11,13-14H3,(H2,54,55,56,59,60);/t41-,43?,44+,48-,65?;/m1./s1. The highest BCUT2D eigenvalue weighted by molar-refractivity contribution is 8.07. The van der Waals surface area contributed by atoms with Gasteiger partial charge in [-0.2, -0.15) is 4.98 Å². The molecule has 68 heavy (non-hydrogen) atoms. The lowest BCUT2D eigenvalue weighted by atomic mass is 9.79. The van der Waals surface area contributed by atoms with Gasteiger partial charge >= 0.3 is 0 Å². The van der Waals surface area contributed by atoms with E-state index < -0.39 is 52.3 Å². The zero-order chi connectivity index (χ0) is 50.1. The van der Waals surface area contributed by atoms with Crippen molar-refractivity contribution in [1.29, 1.82) is 0 Å². The molecule has 1 aliphatic rings. The average Bonchev–Trinajstić information content (AvgIpc) is 3.85. The number of carbonyl (C=O) groups is 1. The van der Waals surface area contributed by atoms with Crippen LogP contribution in [-0.4, -0.2) is 88.1 Å². The molecule has 0 radical (unpaired) electrons. The second-order valence-corrected chi connectivity index (χ2v) is 26.4. The Balaban J connectivity index is 0.00000426. The maximum absolute atomic E-state index is 13.6. The van der Waals surface area contributed by atoms with Crippen molar-refractivity contribution < 1.29 is 23.2 Å². The number of nitrogens with zero attached hydrogens (tertiary/aromatic N) is 5. The lowest BCUT2D eigenvalue weighted by molar-refractivity contribution is -0.118. The Bertz CT molecular complexity index is 2470. The molecule has 0 spiro atoms. The molecule has 3 heterocycles. The predicted molar refractivity (Wildman–Crippen MR) is 282 cm³/mol. The van der Waals surface area contributed by atoms with Gasteiger partial charge in [-0.15, -0.1) is 0 Å². The van der Waals surface area contributed by atoms with Crippen molar-refractivity contribution in [2.75, 3.05) is 24.6 Å². The van der Waals surface area contributed by atoms with E-state index in [2.05, 4.69) is 183 Å². The van der Waals surface area contributed by atoms with E-state index >= 15 is 0 Å². The summed E-state index contributed by atoms with van der Waals surface area (Å²) in [5.41, 5.74) is 3.87. The van der Waals surface area contributed by atoms with Gasteiger partial charge in [0, 0.05) is 53.0 Å². The minimum atomic E-state index is -2.63. The molecule has 0 aliphatic carbocycles. The summed E-state index contributed by atoms with van der Waals surface area (Å²) in [5, 5.41) is 2.55. The number of rotatable bonds is 19. The van der Waals surface area contributed by atoms with Crippen LogP contribution in [0.15, 0.2) is 90.0 Å². The number of nitrogens with one attached hydrogen (secondary N) is 2. The Labute approximate surface area is 415 Å². The summed E-state index contributed by atoms with van der Waals surface area (Å²) in [6.07, 6.45) is -0.152. The first kappa shape index (κ1) is 54.8. The topological polar surface area (TPSA) is 137 Å². The fraction of sp³-hybridized carbons (Fsp3) is 0.510. The largest absolute Gasteiger partial charge is 0.407 e. The average molecular weight is 1000 g/mol. The summed E-state index contributed by atoms with van der Waals surface area (Å²) in [6, 6.07) is 27.5. The van der Waals surface area contributed by atoms with Crippen LogP contribution in [0.5, 0.6) is 0 Å². The van der Waals surface area contributed by atoms with E-state index in [0.29, 0.717) is 19.1 Å². The van der Waals surface area contributed by atoms with Gasteiger partial charge in [0.1, 0.15) is 32.2 Å². The van der Waals surface area contributed by atoms with Gasteiger partial charge in [0.2, 0.25) is 18.4 Å². The molecule has 2 N–H and O–H groups in total. The first-order chi connectivity index (χ1) is 32.2. The van der Waals surface area contributed by atoms with E-state index in [9.17, 15) is 9.59 Å². The minimum Gasteiger partial charge on any atom is -0.407 e. The van der Waals surface area contributed by atoms with Crippen molar-refractivity contribution in [3.8, 4) is 0 Å². The molecule has 3 aromatic carbocycles. The van der Waals surface area contributed by atoms with Crippen LogP contribution in [0, 0.1) is 26.3 Å². The van der Waals surface area contributed by atoms with E-state index in [4.69, 9.17) is 30.0 Å². The molecule has 1 amide bonds. The number of benzene rings is 3. The van der Waals surface area contributed by atoms with Crippen LogP contribution in [0.4, 0.5) is 5.95 Å². The highest BCUT2D eigenvalue weighted by Gasteiger charge is 2.54. The van der Waals surface area contributed by atoms with Crippen molar-refractivity contribution in [2.24, 2.45) is 5.92 Å². The Hall–Kier alpha value is -4.14. The van der Waals surface area contributed by atoms with E-state index in [0.717, 1.165) is 27.8 Å². The van der Waals surface area contributed by atoms with Crippen molar-refractivity contribution >= 4 is 62.0 Å². The fourth-order valence-electron chi connectivity index (χ4n) is 8.23. The third-order valence-electron chi connectivity index (χ3n) is 12.7. The molecule has 17 heteroatoms. The number of anilines is 1. The highest BCUT2D eigenvalue weighted by atomic mass is 32.8. The van der Waals surface area contributed by atoms with Gasteiger partial charge in [-0.05, 0) is 76.4 Å². The number of amides is 1. The van der Waals surface area contributed by atoms with Crippen LogP contribution < -0.4 is 10.9 Å². The van der Waals surface area contributed by atoms with Crippen LogP contribution in [0.25, 0.3) is 16.0 Å². The number of imidazole rings is 1. The second kappa shape index (κ2) is 23.6. The van der Waals surface area contributed by atoms with Gasteiger partial charge in [-0.25, -0.2) is 11.6 Å². The SMILES string of the molecule is S=S.[C-]#[N+]CCCP(OC1[C@@H](COC(c2ccccc2)(c2ccc(C)cc2)c2ccc(C)cc2)O[C@@H](n2cnc3c(=O)[nH]c(NC(=O)C(C)C)nc32)[C@H]1O[Si](C)(C)C(C)(C)C)N(C(C)C)C(C)C. The molecule has 5 aromatic rings. The molecule has 6 rings (SSSR count). The van der Waals surface area contributed by atoms with Gasteiger partial charge in [0.15, 0.2) is 25.7 Å². The number of hydrogen-bond acceptors (Lipinski definition) is 11. The van der Waals surface area contributed by atoms with Crippen molar-refractivity contribution in [3.63, 3.8) is 0 Å². The maximum atomic E-state index is 13.6. The molecule has 1 aliphatic heterocycles. The molecule has 13 nitrogen and oxygen atoms in total. The molecular formula is C51H70N7O6PS2Si. The molecule has 1 fully saturated rings. The van der Waals surface area contributed by atoms with Crippen molar-refractivity contribution in [2.45, 2.75) is 143 Å². The lowest BCUT2D eigenvalue weighted by Gasteiger charge is -2.43. The lowest BCUT2D eigenvalue weighted by Crippen LogP contribution is -2.50. The zero-order valence-electron chi connectivity index (χ0n) is 41.9. The maximum Gasteiger partial charge on any atom is 0.280 e. The second-order valence-electron chi connectivity index (χ2n) is 19.8. The summed E-state index contributed by atoms with van der Waals surface area (Å²) in [5.74, 6) is -0.628. The van der Waals surface area contributed by atoms with Crippen LogP contribution in [0.2, 0.25) is 18.1 Å². The van der Waals surface area contributed by atoms with Gasteiger partial charge in [-0.3, -0.25) is 29.1 Å². The molecule has 0 saturated carbocycles. The Morgan fingerprint density at radius 2 is 1.49 bits per heavy atom. The zero-order valence-corrected chi connectivity index (χ0v) is 45.4. The summed E-state index contributed by atoms with van der Waals surface area (Å²) in [7, 11) is -3.94. The first-order valence-corrected chi connectivity index (χ1v) is 29.0. The van der Waals surface area contributed by atoms with E-state index in [-0.39, 0.29) is 52.7 Å². The van der Waals surface area contributed by atoms with Crippen LogP contribution in [-0.2, 0) is 51.2 Å². The monoisotopic (exact) mass is 999 g/mol. The quantitative estimate of drug-likeness (QED) is 0.0269. The number of aromatic amines is 1. The van der Waals surface area contributed by atoms with Gasteiger partial charge in [0.05, 0.1) is 12.9 Å². The molecule has 2 unspecified atom stereocenters. The minimum absolute atomic E-state index is 0.0113. The van der Waals surface area contributed by atoms with Crippen LogP contribution in [0.1, 0.15) is 103 Å². The number of hydrogen-bond donors (Lipinski definition) is 2. The van der Waals surface area contributed by atoms with Gasteiger partial charge in [-0.1, -0.05) is 125 Å². The van der Waals surface area contributed by atoms with E-state index in [1.54, 1.807) is 24.7 Å². The van der Waals surface area contributed by atoms with Crippen LogP contribution in [0.3, 0.4) is 0 Å². The summed E-state index contributed by atoms with van der Waals surface area (Å²) >= 11 is 7.33. The predicted octanol–water partition coefficient (Wildman–Crippen LogP) is 10.7. The molecule has 2 aromatic heterocycles. The smallest absolute Gasteiger partial charge is 0.280 e. The van der Waals surface area contributed by atoms with Crippen molar-refractivity contribution in [1.82, 2.24) is 24.2 Å². The molecule has 1 saturated heterocycles. The third-order valence-corrected chi connectivity index (χ3v) is 19.8. The Kier molecular flexibility index (Phi) is 19.1. The molecule has 366 valence electrons. The Morgan fingerprint density at radius 3 is 2.00 bits per heavy atom. The third kappa shape index (κ3) is 12.4. The molecule has 5 atom stereocenters. The first-order valence-electron chi connectivity index (χ1n) is 23.4. The molecular weight excluding hydrogens is 930 g/mol. The van der Waals surface area contributed by atoms with E-state index in [1.165, 1.54) is 0 Å². The summed E-state index contributed by atoms with van der Waals surface area (Å²) in [6.45, 7) is 35.5. The highest BCUT2D eigenvalue weighted by Crippen LogP contribution is 2.52. The number of aryl methyl sites for hydroxylation is 2. The summed E-state index contributed by atoms with van der Waals surface area (Å²) < 4.78 is 34.2. The summed E-state index contributed by atoms with van der Waals surface area (Å²) in [4.78, 5) is 42.3. The number of aromatic nitrogens is 4. The Morgan fingerprint density at radius 1 is 0.926 bits per heavy atom. The van der Waals surface area contributed by atoms with Gasteiger partial charge < -0.3 is 23.3 Å². The fourth-order valence-corrected chi connectivity index (χ4v) is 11.9.